The summed E-state index contributed by atoms with van der Waals surface area (Å²) in [5.41, 5.74) is 2.39. The third kappa shape index (κ3) is 4.48. The number of hydrogen-bond acceptors (Lipinski definition) is 4. The molecule has 156 valence electrons. The maximum Gasteiger partial charge on any atom is 0.291 e. The Morgan fingerprint density at radius 1 is 1.00 bits per heavy atom. The summed E-state index contributed by atoms with van der Waals surface area (Å²) in [6, 6.07) is 16.3. The second-order valence-electron chi connectivity index (χ2n) is 7.18. The predicted molar refractivity (Wildman–Crippen MR) is 123 cm³/mol. The van der Waals surface area contributed by atoms with Crippen LogP contribution in [0.2, 0.25) is 10.0 Å². The summed E-state index contributed by atoms with van der Waals surface area (Å²) in [5.74, 6) is 0.534. The Morgan fingerprint density at radius 2 is 1.73 bits per heavy atom. The molecule has 0 spiro atoms. The summed E-state index contributed by atoms with van der Waals surface area (Å²) in [6.07, 6.45) is 0. The fourth-order valence-corrected chi connectivity index (χ4v) is 4.06. The van der Waals surface area contributed by atoms with Crippen molar-refractivity contribution in [3.05, 3.63) is 70.4 Å². The van der Waals surface area contributed by atoms with E-state index in [9.17, 15) is 4.79 Å². The van der Waals surface area contributed by atoms with Gasteiger partial charge in [-0.1, -0.05) is 36.2 Å². The van der Waals surface area contributed by atoms with Crippen molar-refractivity contribution < 1.29 is 9.21 Å². The number of benzene rings is 2. The van der Waals surface area contributed by atoms with Crippen LogP contribution in [0, 0.1) is 0 Å². The van der Waals surface area contributed by atoms with E-state index in [0.29, 0.717) is 21.5 Å². The van der Waals surface area contributed by atoms with Crippen molar-refractivity contribution in [2.45, 2.75) is 6.92 Å². The molecule has 30 heavy (non-hydrogen) atoms. The van der Waals surface area contributed by atoms with Crippen LogP contribution in [0.4, 0.5) is 11.4 Å². The lowest BCUT2D eigenvalue weighted by Crippen LogP contribution is -2.46. The van der Waals surface area contributed by atoms with E-state index in [2.05, 4.69) is 22.0 Å². The van der Waals surface area contributed by atoms with E-state index >= 15 is 0 Å². The van der Waals surface area contributed by atoms with E-state index < -0.39 is 0 Å². The molecule has 0 saturated carbocycles. The van der Waals surface area contributed by atoms with Gasteiger partial charge in [0.25, 0.3) is 5.91 Å². The first-order chi connectivity index (χ1) is 14.5. The van der Waals surface area contributed by atoms with Crippen LogP contribution >= 0.6 is 23.2 Å². The van der Waals surface area contributed by atoms with Gasteiger partial charge in [0.2, 0.25) is 0 Å². The fourth-order valence-electron chi connectivity index (χ4n) is 3.64. The Hall–Kier alpha value is -2.47. The molecular formula is C23H23Cl2N3O2. The average molecular weight is 444 g/mol. The largest absolute Gasteiger partial charge is 0.451 e. The van der Waals surface area contributed by atoms with Crippen LogP contribution in [0.5, 0.6) is 0 Å². The molecular weight excluding hydrogens is 421 g/mol. The van der Waals surface area contributed by atoms with E-state index in [1.165, 1.54) is 0 Å². The topological polar surface area (TPSA) is 48.7 Å². The molecule has 1 amide bonds. The summed E-state index contributed by atoms with van der Waals surface area (Å²) in [7, 11) is 0. The van der Waals surface area contributed by atoms with Gasteiger partial charge in [-0.25, -0.2) is 0 Å². The van der Waals surface area contributed by atoms with Gasteiger partial charge in [-0.2, -0.15) is 0 Å². The first-order valence-electron chi connectivity index (χ1n) is 9.98. The van der Waals surface area contributed by atoms with Gasteiger partial charge in [0.1, 0.15) is 5.76 Å². The van der Waals surface area contributed by atoms with Gasteiger partial charge in [-0.3, -0.25) is 4.79 Å². The van der Waals surface area contributed by atoms with E-state index in [4.69, 9.17) is 27.6 Å². The van der Waals surface area contributed by atoms with Gasteiger partial charge in [0.05, 0.1) is 16.4 Å². The number of nitrogens with one attached hydrogen (secondary N) is 1. The zero-order chi connectivity index (χ0) is 21.1. The monoisotopic (exact) mass is 443 g/mol. The van der Waals surface area contributed by atoms with Crippen LogP contribution in [0.25, 0.3) is 11.3 Å². The van der Waals surface area contributed by atoms with E-state index in [0.717, 1.165) is 44.0 Å². The minimum absolute atomic E-state index is 0.238. The first-order valence-corrected chi connectivity index (χ1v) is 10.7. The predicted octanol–water partition coefficient (Wildman–Crippen LogP) is 5.65. The SMILES string of the molecule is CCN1CCN(c2c(Cl)cccc2NC(=O)c2ccc(-c3ccc(Cl)cc3)o2)CC1. The van der Waals surface area contributed by atoms with Crippen molar-refractivity contribution in [1.29, 1.82) is 0 Å². The average Bonchev–Trinajstić information content (AvgIpc) is 3.25. The maximum atomic E-state index is 12.9. The summed E-state index contributed by atoms with van der Waals surface area (Å²) in [5, 5.41) is 4.24. The number of furan rings is 1. The zero-order valence-corrected chi connectivity index (χ0v) is 18.2. The Kier molecular flexibility index (Phi) is 6.32. The molecule has 0 aliphatic carbocycles. The van der Waals surface area contributed by atoms with E-state index in [1.807, 2.05) is 30.3 Å². The highest BCUT2D eigenvalue weighted by Gasteiger charge is 2.22. The van der Waals surface area contributed by atoms with Crippen LogP contribution in [0.1, 0.15) is 17.5 Å². The molecule has 1 aromatic heterocycles. The number of rotatable bonds is 5. The van der Waals surface area contributed by atoms with Crippen LogP contribution in [0.3, 0.4) is 0 Å². The van der Waals surface area contributed by atoms with Gasteiger partial charge in [0.15, 0.2) is 5.76 Å². The maximum absolute atomic E-state index is 12.9. The quantitative estimate of drug-likeness (QED) is 0.553. The van der Waals surface area contributed by atoms with Crippen LogP contribution in [-0.2, 0) is 0 Å². The summed E-state index contributed by atoms with van der Waals surface area (Å²) < 4.78 is 5.78. The molecule has 0 radical (unpaired) electrons. The second kappa shape index (κ2) is 9.13. The molecule has 1 saturated heterocycles. The van der Waals surface area contributed by atoms with Crippen LogP contribution < -0.4 is 10.2 Å². The zero-order valence-electron chi connectivity index (χ0n) is 16.7. The van der Waals surface area contributed by atoms with Crippen molar-refractivity contribution in [2.75, 3.05) is 42.9 Å². The van der Waals surface area contributed by atoms with Crippen molar-refractivity contribution in [3.63, 3.8) is 0 Å². The Balaban J connectivity index is 1.53. The lowest BCUT2D eigenvalue weighted by Gasteiger charge is -2.36. The molecule has 2 aromatic carbocycles. The lowest BCUT2D eigenvalue weighted by molar-refractivity contribution is 0.0997. The second-order valence-corrected chi connectivity index (χ2v) is 8.03. The lowest BCUT2D eigenvalue weighted by atomic mass is 10.2. The molecule has 1 aliphatic rings. The number of carbonyl (C=O) groups is 1. The number of anilines is 2. The highest BCUT2D eigenvalue weighted by atomic mass is 35.5. The number of piperazine rings is 1. The normalized spacial score (nSPS) is 14.7. The van der Waals surface area contributed by atoms with Gasteiger partial charge < -0.3 is 19.5 Å². The molecule has 0 unspecified atom stereocenters. The first kappa shape index (κ1) is 20.8. The number of carbonyl (C=O) groups excluding carboxylic acids is 1. The third-order valence-electron chi connectivity index (χ3n) is 5.33. The molecule has 1 fully saturated rings. The summed E-state index contributed by atoms with van der Waals surface area (Å²) in [4.78, 5) is 17.5. The van der Waals surface area contributed by atoms with E-state index in [1.54, 1.807) is 24.3 Å². The van der Waals surface area contributed by atoms with Crippen molar-refractivity contribution in [3.8, 4) is 11.3 Å². The molecule has 4 rings (SSSR count). The number of hydrogen-bond donors (Lipinski definition) is 1. The Labute approximate surface area is 186 Å². The van der Waals surface area contributed by atoms with E-state index in [-0.39, 0.29) is 11.7 Å². The summed E-state index contributed by atoms with van der Waals surface area (Å²) >= 11 is 12.5. The standard InChI is InChI=1S/C23H23Cl2N3O2/c1-2-27-12-14-28(15-13-27)22-18(25)4-3-5-19(22)26-23(29)21-11-10-20(30-21)16-6-8-17(24)9-7-16/h3-11H,2,12-15H2,1H3,(H,26,29). The number of nitrogens with zero attached hydrogens (tertiary/aromatic N) is 2. The highest BCUT2D eigenvalue weighted by Crippen LogP contribution is 2.35. The number of likely N-dealkylation sites (N-methyl/N-ethyl adjacent to an activating group) is 1. The van der Waals surface area contributed by atoms with Crippen LogP contribution in [-0.4, -0.2) is 43.5 Å². The molecule has 7 heteroatoms. The highest BCUT2D eigenvalue weighted by molar-refractivity contribution is 6.34. The van der Waals surface area contributed by atoms with Gasteiger partial charge in [0, 0.05) is 36.8 Å². The Morgan fingerprint density at radius 3 is 2.43 bits per heavy atom. The molecule has 1 N–H and O–H groups in total. The molecule has 1 aliphatic heterocycles. The number of halogens is 2. The van der Waals surface area contributed by atoms with Crippen molar-refractivity contribution in [2.24, 2.45) is 0 Å². The fraction of sp³-hybridized carbons (Fsp3) is 0.261. The van der Waals surface area contributed by atoms with Crippen molar-refractivity contribution >= 4 is 40.5 Å². The Bertz CT molecular complexity index is 1030. The third-order valence-corrected chi connectivity index (χ3v) is 5.89. The van der Waals surface area contributed by atoms with Crippen LogP contribution in [0.15, 0.2) is 59.0 Å². The van der Waals surface area contributed by atoms with Gasteiger partial charge in [-0.05, 0) is 55.1 Å². The molecule has 2 heterocycles. The number of para-hydroxylation sites is 1. The van der Waals surface area contributed by atoms with Gasteiger partial charge >= 0.3 is 0 Å². The van der Waals surface area contributed by atoms with Gasteiger partial charge in [-0.15, -0.1) is 0 Å². The van der Waals surface area contributed by atoms with Crippen molar-refractivity contribution in [1.82, 2.24) is 4.90 Å². The molecule has 0 bridgehead atoms. The molecule has 0 atom stereocenters. The molecule has 5 nitrogen and oxygen atoms in total. The minimum atomic E-state index is -0.314. The smallest absolute Gasteiger partial charge is 0.291 e. The number of amides is 1. The molecule has 3 aromatic rings. The summed E-state index contributed by atoms with van der Waals surface area (Å²) in [6.45, 7) is 6.87. The minimum Gasteiger partial charge on any atom is -0.451 e.